The standard InChI is InChI=1S/C13H21NO2/c15-10-13(11-16)14-9-5-4-8-12-6-2-1-3-7-12/h1-3,6-7,13-16H,4-5,8-11H2. The van der Waals surface area contributed by atoms with Gasteiger partial charge in [0.05, 0.1) is 19.3 Å². The second kappa shape index (κ2) is 8.28. The highest BCUT2D eigenvalue weighted by Crippen LogP contribution is 2.03. The molecule has 0 aliphatic heterocycles. The van der Waals surface area contributed by atoms with Crippen LogP contribution in [-0.4, -0.2) is 36.0 Å². The molecule has 0 radical (unpaired) electrons. The van der Waals surface area contributed by atoms with E-state index >= 15 is 0 Å². The number of unbranched alkanes of at least 4 members (excludes halogenated alkanes) is 1. The van der Waals surface area contributed by atoms with Crippen molar-refractivity contribution in [3.8, 4) is 0 Å². The lowest BCUT2D eigenvalue weighted by molar-refractivity contribution is 0.171. The lowest BCUT2D eigenvalue weighted by atomic mass is 10.1. The summed E-state index contributed by atoms with van der Waals surface area (Å²) in [6.45, 7) is 0.836. The van der Waals surface area contributed by atoms with Gasteiger partial charge >= 0.3 is 0 Å². The summed E-state index contributed by atoms with van der Waals surface area (Å²) in [5.74, 6) is 0. The summed E-state index contributed by atoms with van der Waals surface area (Å²) in [5, 5.41) is 20.8. The molecule has 3 nitrogen and oxygen atoms in total. The number of benzene rings is 1. The molecule has 0 saturated heterocycles. The first-order chi connectivity index (χ1) is 7.86. The normalized spacial score (nSPS) is 10.9. The fourth-order valence-corrected chi connectivity index (χ4v) is 1.59. The average Bonchev–Trinajstić information content (AvgIpc) is 2.35. The van der Waals surface area contributed by atoms with Gasteiger partial charge in [0.15, 0.2) is 0 Å². The molecule has 0 aromatic heterocycles. The van der Waals surface area contributed by atoms with Gasteiger partial charge in [0.1, 0.15) is 0 Å². The van der Waals surface area contributed by atoms with Crippen molar-refractivity contribution in [2.24, 2.45) is 0 Å². The highest BCUT2D eigenvalue weighted by atomic mass is 16.3. The summed E-state index contributed by atoms with van der Waals surface area (Å²) in [4.78, 5) is 0. The number of aliphatic hydroxyl groups excluding tert-OH is 2. The van der Waals surface area contributed by atoms with Crippen LogP contribution in [0.15, 0.2) is 30.3 Å². The van der Waals surface area contributed by atoms with Crippen LogP contribution in [0, 0.1) is 0 Å². The maximum Gasteiger partial charge on any atom is 0.0607 e. The zero-order valence-corrected chi connectivity index (χ0v) is 9.60. The minimum absolute atomic E-state index is 0.00478. The first kappa shape index (κ1) is 13.2. The van der Waals surface area contributed by atoms with E-state index in [9.17, 15) is 0 Å². The molecule has 0 aliphatic carbocycles. The smallest absolute Gasteiger partial charge is 0.0607 e. The Balaban J connectivity index is 2.04. The van der Waals surface area contributed by atoms with E-state index in [0.717, 1.165) is 25.8 Å². The Morgan fingerprint density at radius 3 is 2.31 bits per heavy atom. The van der Waals surface area contributed by atoms with Crippen molar-refractivity contribution in [3.63, 3.8) is 0 Å². The summed E-state index contributed by atoms with van der Waals surface area (Å²) in [6, 6.07) is 10.2. The summed E-state index contributed by atoms with van der Waals surface area (Å²) in [7, 11) is 0. The van der Waals surface area contributed by atoms with Crippen molar-refractivity contribution in [1.82, 2.24) is 5.32 Å². The van der Waals surface area contributed by atoms with Gasteiger partial charge in [-0.05, 0) is 31.4 Å². The van der Waals surface area contributed by atoms with Gasteiger partial charge in [-0.2, -0.15) is 0 Å². The second-order valence-corrected chi connectivity index (χ2v) is 3.96. The Hall–Kier alpha value is -0.900. The van der Waals surface area contributed by atoms with Gasteiger partial charge in [-0.1, -0.05) is 30.3 Å². The van der Waals surface area contributed by atoms with Gasteiger partial charge < -0.3 is 15.5 Å². The van der Waals surface area contributed by atoms with Crippen LogP contribution in [0.3, 0.4) is 0 Å². The topological polar surface area (TPSA) is 52.5 Å². The molecule has 1 rings (SSSR count). The third-order valence-electron chi connectivity index (χ3n) is 2.61. The molecule has 1 aromatic carbocycles. The third kappa shape index (κ3) is 5.26. The number of hydrogen-bond acceptors (Lipinski definition) is 3. The minimum atomic E-state index is -0.170. The fourth-order valence-electron chi connectivity index (χ4n) is 1.59. The van der Waals surface area contributed by atoms with Crippen molar-refractivity contribution in [2.75, 3.05) is 19.8 Å². The van der Waals surface area contributed by atoms with Crippen molar-refractivity contribution < 1.29 is 10.2 Å². The molecule has 0 saturated carbocycles. The number of rotatable bonds is 8. The Kier molecular flexibility index (Phi) is 6.81. The molecule has 0 unspecified atom stereocenters. The average molecular weight is 223 g/mol. The van der Waals surface area contributed by atoms with E-state index in [1.54, 1.807) is 0 Å². The zero-order chi connectivity index (χ0) is 11.6. The van der Waals surface area contributed by atoms with E-state index < -0.39 is 0 Å². The van der Waals surface area contributed by atoms with Crippen LogP contribution in [0.2, 0.25) is 0 Å². The van der Waals surface area contributed by atoms with Crippen LogP contribution in [-0.2, 0) is 6.42 Å². The Morgan fingerprint density at radius 2 is 1.69 bits per heavy atom. The molecule has 0 amide bonds. The van der Waals surface area contributed by atoms with E-state index in [-0.39, 0.29) is 19.3 Å². The van der Waals surface area contributed by atoms with Crippen LogP contribution in [0.25, 0.3) is 0 Å². The number of aryl methyl sites for hydroxylation is 1. The molecule has 0 fully saturated rings. The first-order valence-electron chi connectivity index (χ1n) is 5.86. The fraction of sp³-hybridized carbons (Fsp3) is 0.538. The Morgan fingerprint density at radius 1 is 1.00 bits per heavy atom. The largest absolute Gasteiger partial charge is 0.395 e. The van der Waals surface area contributed by atoms with E-state index in [1.165, 1.54) is 5.56 Å². The van der Waals surface area contributed by atoms with Gasteiger partial charge in [-0.3, -0.25) is 0 Å². The van der Waals surface area contributed by atoms with Gasteiger partial charge in [0, 0.05) is 0 Å². The predicted octanol–water partition coefficient (Wildman–Crippen LogP) is 0.952. The van der Waals surface area contributed by atoms with E-state index in [2.05, 4.69) is 29.6 Å². The molecule has 0 atom stereocenters. The molecule has 16 heavy (non-hydrogen) atoms. The Labute approximate surface area is 97.1 Å². The van der Waals surface area contributed by atoms with Gasteiger partial charge in [0.25, 0.3) is 0 Å². The summed E-state index contributed by atoms with van der Waals surface area (Å²) in [6.07, 6.45) is 3.28. The molecule has 3 N–H and O–H groups in total. The molecule has 0 bridgehead atoms. The van der Waals surface area contributed by atoms with E-state index in [0.29, 0.717) is 0 Å². The first-order valence-corrected chi connectivity index (χ1v) is 5.86. The molecule has 3 heteroatoms. The lowest BCUT2D eigenvalue weighted by Crippen LogP contribution is -2.36. The van der Waals surface area contributed by atoms with Crippen molar-refractivity contribution in [2.45, 2.75) is 25.3 Å². The quantitative estimate of drug-likeness (QED) is 0.575. The van der Waals surface area contributed by atoms with Crippen molar-refractivity contribution >= 4 is 0 Å². The molecule has 90 valence electrons. The molecule has 0 aliphatic rings. The number of nitrogens with one attached hydrogen (secondary N) is 1. The van der Waals surface area contributed by atoms with Gasteiger partial charge in [-0.25, -0.2) is 0 Å². The molecular weight excluding hydrogens is 202 g/mol. The van der Waals surface area contributed by atoms with Crippen LogP contribution in [0.4, 0.5) is 0 Å². The molecule has 1 aromatic rings. The van der Waals surface area contributed by atoms with Crippen LogP contribution in [0.5, 0.6) is 0 Å². The molecular formula is C13H21NO2. The van der Waals surface area contributed by atoms with Crippen LogP contribution >= 0.6 is 0 Å². The summed E-state index contributed by atoms with van der Waals surface area (Å²) < 4.78 is 0. The van der Waals surface area contributed by atoms with E-state index in [1.807, 2.05) is 6.07 Å². The number of aliphatic hydroxyl groups is 2. The Bertz CT molecular complexity index is 260. The maximum atomic E-state index is 8.84. The van der Waals surface area contributed by atoms with Gasteiger partial charge in [0.2, 0.25) is 0 Å². The summed E-state index contributed by atoms with van der Waals surface area (Å²) in [5.41, 5.74) is 1.36. The maximum absolute atomic E-state index is 8.84. The SMILES string of the molecule is OCC(CO)NCCCCc1ccccc1. The van der Waals surface area contributed by atoms with Gasteiger partial charge in [-0.15, -0.1) is 0 Å². The van der Waals surface area contributed by atoms with Crippen LogP contribution < -0.4 is 5.32 Å². The predicted molar refractivity (Wildman–Crippen MR) is 65.3 cm³/mol. The zero-order valence-electron chi connectivity index (χ0n) is 9.60. The van der Waals surface area contributed by atoms with Crippen LogP contribution in [0.1, 0.15) is 18.4 Å². The number of hydrogen-bond donors (Lipinski definition) is 3. The molecule has 0 spiro atoms. The monoisotopic (exact) mass is 223 g/mol. The highest BCUT2D eigenvalue weighted by molar-refractivity contribution is 5.14. The highest BCUT2D eigenvalue weighted by Gasteiger charge is 2.02. The van der Waals surface area contributed by atoms with Crippen molar-refractivity contribution in [1.29, 1.82) is 0 Å². The van der Waals surface area contributed by atoms with Crippen molar-refractivity contribution in [3.05, 3.63) is 35.9 Å². The second-order valence-electron chi connectivity index (χ2n) is 3.96. The minimum Gasteiger partial charge on any atom is -0.395 e. The lowest BCUT2D eigenvalue weighted by Gasteiger charge is -2.12. The van der Waals surface area contributed by atoms with E-state index in [4.69, 9.17) is 10.2 Å². The third-order valence-corrected chi connectivity index (χ3v) is 2.61. The molecule has 0 heterocycles. The summed E-state index contributed by atoms with van der Waals surface area (Å²) >= 11 is 0.